The van der Waals surface area contributed by atoms with Crippen molar-refractivity contribution >= 4 is 23.4 Å². The van der Waals surface area contributed by atoms with E-state index in [1.807, 2.05) is 27.7 Å². The zero-order valence-electron chi connectivity index (χ0n) is 15.9. The van der Waals surface area contributed by atoms with Crippen molar-refractivity contribution in [2.45, 2.75) is 47.7 Å². The number of pyridine rings is 1. The predicted molar refractivity (Wildman–Crippen MR) is 101 cm³/mol. The van der Waals surface area contributed by atoms with Crippen molar-refractivity contribution in [2.24, 2.45) is 5.92 Å². The summed E-state index contributed by atoms with van der Waals surface area (Å²) in [4.78, 5) is 29.4. The minimum Gasteiger partial charge on any atom is -0.447 e. The molecule has 2 heterocycles. The molecule has 0 aliphatic carbocycles. The SMILES string of the molecule is CC.CC(=O)NCc1cnccc1Cl.CC(C)C(=O)NCc1ncco1. The average Bonchev–Trinajstić information content (AvgIpc) is 3.14. The van der Waals surface area contributed by atoms with E-state index in [0.29, 0.717) is 24.0 Å². The number of carbonyl (C=O) groups excluding carboxylic acids is 2. The number of oxazole rings is 1. The first-order chi connectivity index (χ1) is 12.4. The largest absolute Gasteiger partial charge is 0.447 e. The summed E-state index contributed by atoms with van der Waals surface area (Å²) >= 11 is 5.82. The molecule has 2 N–H and O–H groups in total. The van der Waals surface area contributed by atoms with Crippen molar-refractivity contribution in [3.05, 3.63) is 47.4 Å². The molecule has 0 aliphatic heterocycles. The Morgan fingerprint density at radius 1 is 1.19 bits per heavy atom. The van der Waals surface area contributed by atoms with E-state index < -0.39 is 0 Å². The van der Waals surface area contributed by atoms with Gasteiger partial charge in [0.1, 0.15) is 6.26 Å². The summed E-state index contributed by atoms with van der Waals surface area (Å²) in [5.74, 6) is 0.465. The zero-order valence-corrected chi connectivity index (χ0v) is 16.6. The third-order valence-corrected chi connectivity index (χ3v) is 3.16. The van der Waals surface area contributed by atoms with Gasteiger partial charge in [0.15, 0.2) is 0 Å². The maximum absolute atomic E-state index is 11.1. The molecule has 26 heavy (non-hydrogen) atoms. The first-order valence-electron chi connectivity index (χ1n) is 8.39. The second kappa shape index (κ2) is 13.8. The molecule has 0 saturated heterocycles. The van der Waals surface area contributed by atoms with Crippen molar-refractivity contribution in [1.82, 2.24) is 20.6 Å². The third-order valence-electron chi connectivity index (χ3n) is 2.79. The quantitative estimate of drug-likeness (QED) is 0.826. The summed E-state index contributed by atoms with van der Waals surface area (Å²) < 4.78 is 4.94. The maximum atomic E-state index is 11.1. The highest BCUT2D eigenvalue weighted by molar-refractivity contribution is 6.31. The van der Waals surface area contributed by atoms with Gasteiger partial charge < -0.3 is 15.1 Å². The summed E-state index contributed by atoms with van der Waals surface area (Å²) in [6, 6.07) is 1.69. The molecule has 0 fully saturated rings. The fourth-order valence-corrected chi connectivity index (χ4v) is 1.64. The standard InChI is InChI=1S/C8H9ClN2O.C8H12N2O2.C2H6/c1-6(12)11-5-7-4-10-3-2-8(7)9;1-6(2)8(11)10-5-7-9-3-4-12-7;1-2/h2-4H,5H2,1H3,(H,11,12);3-4,6H,5H2,1-2H3,(H,10,11);1-2H3. The van der Waals surface area contributed by atoms with Crippen molar-refractivity contribution < 1.29 is 14.0 Å². The Balaban J connectivity index is 0.000000439. The van der Waals surface area contributed by atoms with Crippen molar-refractivity contribution in [3.63, 3.8) is 0 Å². The summed E-state index contributed by atoms with van der Waals surface area (Å²) in [5, 5.41) is 5.95. The Labute approximate surface area is 159 Å². The number of carbonyl (C=O) groups is 2. The van der Waals surface area contributed by atoms with Gasteiger partial charge in [0.2, 0.25) is 17.7 Å². The average molecular weight is 383 g/mol. The van der Waals surface area contributed by atoms with E-state index in [1.54, 1.807) is 24.7 Å². The van der Waals surface area contributed by atoms with Gasteiger partial charge in [0, 0.05) is 42.4 Å². The van der Waals surface area contributed by atoms with Crippen LogP contribution in [0.1, 0.15) is 46.1 Å². The number of halogens is 1. The number of rotatable bonds is 5. The molecule has 0 atom stereocenters. The monoisotopic (exact) mass is 382 g/mol. The maximum Gasteiger partial charge on any atom is 0.222 e. The zero-order chi connectivity index (χ0) is 19.9. The van der Waals surface area contributed by atoms with E-state index in [2.05, 4.69) is 20.6 Å². The third kappa shape index (κ3) is 10.5. The van der Waals surface area contributed by atoms with Crippen LogP contribution in [0.5, 0.6) is 0 Å². The van der Waals surface area contributed by atoms with Crippen LogP contribution in [0.3, 0.4) is 0 Å². The fraction of sp³-hybridized carbons (Fsp3) is 0.444. The number of hydrogen-bond donors (Lipinski definition) is 2. The van der Waals surface area contributed by atoms with Crippen LogP contribution in [0.4, 0.5) is 0 Å². The molecule has 0 aliphatic rings. The predicted octanol–water partition coefficient (Wildman–Crippen LogP) is 3.34. The molecular formula is C18H27ClN4O3. The van der Waals surface area contributed by atoms with Gasteiger partial charge in [-0.25, -0.2) is 4.98 Å². The van der Waals surface area contributed by atoms with Gasteiger partial charge in [-0.2, -0.15) is 0 Å². The number of nitrogens with zero attached hydrogens (tertiary/aromatic N) is 2. The minimum absolute atomic E-state index is 0.0000350. The Bertz CT molecular complexity index is 646. The highest BCUT2D eigenvalue weighted by Gasteiger charge is 2.06. The fourth-order valence-electron chi connectivity index (χ4n) is 1.47. The number of amides is 2. The number of nitrogens with one attached hydrogen (secondary N) is 2. The molecule has 0 unspecified atom stereocenters. The molecule has 0 bridgehead atoms. The van der Waals surface area contributed by atoms with E-state index in [9.17, 15) is 9.59 Å². The second-order valence-corrected chi connectivity index (χ2v) is 5.58. The van der Waals surface area contributed by atoms with Gasteiger partial charge in [-0.3, -0.25) is 14.6 Å². The van der Waals surface area contributed by atoms with Gasteiger partial charge in [-0.05, 0) is 6.07 Å². The van der Waals surface area contributed by atoms with Crippen LogP contribution in [0.25, 0.3) is 0 Å². The smallest absolute Gasteiger partial charge is 0.222 e. The number of aromatic nitrogens is 2. The van der Waals surface area contributed by atoms with Crippen molar-refractivity contribution in [3.8, 4) is 0 Å². The summed E-state index contributed by atoms with van der Waals surface area (Å²) in [6.07, 6.45) is 6.28. The van der Waals surface area contributed by atoms with Gasteiger partial charge in [-0.15, -0.1) is 0 Å². The lowest BCUT2D eigenvalue weighted by Gasteiger charge is -2.04. The normalized spacial score (nSPS) is 9.35. The Morgan fingerprint density at radius 3 is 2.38 bits per heavy atom. The van der Waals surface area contributed by atoms with Crippen molar-refractivity contribution in [1.29, 1.82) is 0 Å². The van der Waals surface area contributed by atoms with E-state index in [1.165, 1.54) is 13.2 Å². The lowest BCUT2D eigenvalue weighted by molar-refractivity contribution is -0.124. The van der Waals surface area contributed by atoms with Crippen LogP contribution in [0.15, 0.2) is 35.3 Å². The molecule has 0 radical (unpaired) electrons. The lowest BCUT2D eigenvalue weighted by Crippen LogP contribution is -2.27. The Kier molecular flexibility index (Phi) is 12.6. The highest BCUT2D eigenvalue weighted by atomic mass is 35.5. The summed E-state index contributed by atoms with van der Waals surface area (Å²) in [5.41, 5.74) is 0.828. The van der Waals surface area contributed by atoms with Crippen LogP contribution < -0.4 is 10.6 Å². The van der Waals surface area contributed by atoms with Crippen LogP contribution in [0, 0.1) is 5.92 Å². The summed E-state index contributed by atoms with van der Waals surface area (Å²) in [7, 11) is 0. The van der Waals surface area contributed by atoms with Gasteiger partial charge >= 0.3 is 0 Å². The van der Waals surface area contributed by atoms with Gasteiger partial charge in [-0.1, -0.05) is 39.3 Å². The van der Waals surface area contributed by atoms with Crippen molar-refractivity contribution in [2.75, 3.05) is 0 Å². The molecule has 2 aromatic rings. The van der Waals surface area contributed by atoms with E-state index in [0.717, 1.165) is 5.56 Å². The van der Waals surface area contributed by atoms with E-state index in [-0.39, 0.29) is 17.7 Å². The van der Waals surface area contributed by atoms with Crippen LogP contribution >= 0.6 is 11.6 Å². The second-order valence-electron chi connectivity index (χ2n) is 5.18. The molecule has 0 aromatic carbocycles. The topological polar surface area (TPSA) is 97.1 Å². The van der Waals surface area contributed by atoms with E-state index in [4.69, 9.17) is 16.0 Å². The van der Waals surface area contributed by atoms with Gasteiger partial charge in [0.25, 0.3) is 0 Å². The molecule has 144 valence electrons. The molecule has 8 heteroatoms. The first kappa shape index (κ1) is 23.6. The van der Waals surface area contributed by atoms with Crippen LogP contribution in [0.2, 0.25) is 5.02 Å². The molecule has 0 saturated carbocycles. The Hall–Kier alpha value is -2.41. The van der Waals surface area contributed by atoms with E-state index >= 15 is 0 Å². The molecule has 2 rings (SSSR count). The lowest BCUT2D eigenvalue weighted by atomic mass is 10.2. The molecule has 7 nitrogen and oxygen atoms in total. The van der Waals surface area contributed by atoms with Gasteiger partial charge in [0.05, 0.1) is 12.7 Å². The molecule has 2 amide bonds. The highest BCUT2D eigenvalue weighted by Crippen LogP contribution is 2.12. The molecule has 0 spiro atoms. The van der Waals surface area contributed by atoms with Crippen LogP contribution in [-0.4, -0.2) is 21.8 Å². The van der Waals surface area contributed by atoms with Crippen LogP contribution in [-0.2, 0) is 22.7 Å². The molecule has 2 aromatic heterocycles. The minimum atomic E-state index is -0.0741. The first-order valence-corrected chi connectivity index (χ1v) is 8.76. The summed E-state index contributed by atoms with van der Waals surface area (Å²) in [6.45, 7) is 9.94. The Morgan fingerprint density at radius 2 is 1.88 bits per heavy atom. The molecular weight excluding hydrogens is 356 g/mol. The number of hydrogen-bond acceptors (Lipinski definition) is 5.